The van der Waals surface area contributed by atoms with Crippen molar-refractivity contribution in [2.45, 2.75) is 18.9 Å². The van der Waals surface area contributed by atoms with Crippen molar-refractivity contribution in [3.05, 3.63) is 47.2 Å². The Bertz CT molecular complexity index is 670. The van der Waals surface area contributed by atoms with Crippen LogP contribution < -0.4 is 11.1 Å². The second-order valence-electron chi connectivity index (χ2n) is 4.99. The lowest BCUT2D eigenvalue weighted by Gasteiger charge is -2.14. The number of esters is 1. The van der Waals surface area contributed by atoms with Crippen molar-refractivity contribution in [1.82, 2.24) is 10.2 Å². The summed E-state index contributed by atoms with van der Waals surface area (Å²) in [5.74, 6) is 0.146. The fraction of sp³-hybridized carbons (Fsp3) is 0.267. The fourth-order valence-corrected chi connectivity index (χ4v) is 2.59. The van der Waals surface area contributed by atoms with E-state index in [1.54, 1.807) is 12.1 Å². The van der Waals surface area contributed by atoms with Crippen LogP contribution in [0.3, 0.4) is 0 Å². The first-order valence-electron chi connectivity index (χ1n) is 6.74. The molecule has 2 aromatic rings. The lowest BCUT2D eigenvalue weighted by molar-refractivity contribution is 0.0593. The Labute approximate surface area is 122 Å². The molecule has 1 heterocycles. The van der Waals surface area contributed by atoms with Crippen LogP contribution in [0.15, 0.2) is 30.3 Å². The van der Waals surface area contributed by atoms with Gasteiger partial charge in [0, 0.05) is 5.69 Å². The summed E-state index contributed by atoms with van der Waals surface area (Å²) in [5, 5.41) is 11.2. The number of rotatable bonds is 3. The summed E-state index contributed by atoms with van der Waals surface area (Å²) < 4.78 is 4.59. The molecular formula is C15H16N4O2. The molecule has 0 saturated heterocycles. The first kappa shape index (κ1) is 13.4. The fourth-order valence-electron chi connectivity index (χ4n) is 2.59. The number of nitrogens with two attached hydrogens (primary N) is 1. The molecule has 1 aromatic heterocycles. The van der Waals surface area contributed by atoms with Crippen molar-refractivity contribution < 1.29 is 9.53 Å². The minimum absolute atomic E-state index is 0.193. The van der Waals surface area contributed by atoms with Gasteiger partial charge in [-0.1, -0.05) is 6.07 Å². The summed E-state index contributed by atoms with van der Waals surface area (Å²) in [7, 11) is 1.32. The number of carbonyl (C=O) groups excluding carboxylic acids is 1. The highest BCUT2D eigenvalue weighted by Crippen LogP contribution is 2.34. The number of ether oxygens (including phenoxy) is 1. The number of fused-ring (bicyclic) bond motifs is 1. The van der Waals surface area contributed by atoms with Gasteiger partial charge >= 0.3 is 5.97 Å². The smallest absolute Gasteiger partial charge is 0.358 e. The molecular weight excluding hydrogens is 268 g/mol. The highest BCUT2D eigenvalue weighted by Gasteiger charge is 2.22. The molecule has 1 unspecified atom stereocenters. The average Bonchev–Trinajstić information content (AvgIpc) is 2.89. The zero-order valence-electron chi connectivity index (χ0n) is 11.7. The maximum atomic E-state index is 11.3. The van der Waals surface area contributed by atoms with E-state index in [1.165, 1.54) is 18.2 Å². The highest BCUT2D eigenvalue weighted by atomic mass is 16.5. The molecule has 0 bridgehead atoms. The van der Waals surface area contributed by atoms with Crippen molar-refractivity contribution in [3.8, 4) is 0 Å². The van der Waals surface area contributed by atoms with E-state index in [0.29, 0.717) is 5.82 Å². The molecule has 108 valence electrons. The van der Waals surface area contributed by atoms with Crippen molar-refractivity contribution in [2.24, 2.45) is 0 Å². The molecule has 1 aliphatic rings. The second-order valence-corrected chi connectivity index (χ2v) is 4.99. The molecule has 0 spiro atoms. The topological polar surface area (TPSA) is 90.1 Å². The number of nitrogen functional groups attached to an aromatic ring is 1. The molecule has 0 fully saturated rings. The predicted molar refractivity (Wildman–Crippen MR) is 78.9 cm³/mol. The number of aryl methyl sites for hydroxylation is 1. The monoisotopic (exact) mass is 284 g/mol. The minimum Gasteiger partial charge on any atom is -0.464 e. The summed E-state index contributed by atoms with van der Waals surface area (Å²) >= 11 is 0. The zero-order valence-corrected chi connectivity index (χ0v) is 11.7. The maximum Gasteiger partial charge on any atom is 0.358 e. The van der Waals surface area contributed by atoms with E-state index >= 15 is 0 Å². The van der Waals surface area contributed by atoms with Crippen molar-refractivity contribution in [3.63, 3.8) is 0 Å². The number of anilines is 2. The maximum absolute atomic E-state index is 11.3. The Morgan fingerprint density at radius 3 is 2.90 bits per heavy atom. The molecule has 0 radical (unpaired) electrons. The number of nitrogens with one attached hydrogen (secondary N) is 1. The quantitative estimate of drug-likeness (QED) is 0.661. The Morgan fingerprint density at radius 1 is 1.33 bits per heavy atom. The van der Waals surface area contributed by atoms with Gasteiger partial charge in [0.05, 0.1) is 13.2 Å². The molecule has 1 aromatic carbocycles. The Kier molecular flexibility index (Phi) is 3.43. The molecule has 6 heteroatoms. The van der Waals surface area contributed by atoms with E-state index in [9.17, 15) is 4.79 Å². The SMILES string of the molecule is COC(=O)c1ccc(NC2CCc3cc(N)ccc32)nn1. The normalized spacial score (nSPS) is 16.3. The number of hydrogen-bond donors (Lipinski definition) is 2. The van der Waals surface area contributed by atoms with Crippen LogP contribution in [0.1, 0.15) is 34.1 Å². The summed E-state index contributed by atoms with van der Waals surface area (Å²) in [5.41, 5.74) is 9.29. The van der Waals surface area contributed by atoms with Gasteiger partial charge in [0.15, 0.2) is 5.69 Å². The molecule has 21 heavy (non-hydrogen) atoms. The van der Waals surface area contributed by atoms with Gasteiger partial charge < -0.3 is 15.8 Å². The molecule has 3 rings (SSSR count). The van der Waals surface area contributed by atoms with Crippen LogP contribution >= 0.6 is 0 Å². The van der Waals surface area contributed by atoms with Gasteiger partial charge in [-0.25, -0.2) is 4.79 Å². The standard InChI is InChI=1S/C15H16N4O2/c1-21-15(20)13-6-7-14(19-18-13)17-12-5-2-9-8-10(16)3-4-11(9)12/h3-4,6-8,12H,2,5,16H2,1H3,(H,17,19). The van der Waals surface area contributed by atoms with E-state index in [1.807, 2.05) is 18.2 Å². The third-order valence-corrected chi connectivity index (χ3v) is 3.63. The van der Waals surface area contributed by atoms with E-state index < -0.39 is 5.97 Å². The number of aromatic nitrogens is 2. The van der Waals surface area contributed by atoms with Crippen LogP contribution in [0.4, 0.5) is 11.5 Å². The van der Waals surface area contributed by atoms with Gasteiger partial charge in [-0.05, 0) is 48.2 Å². The summed E-state index contributed by atoms with van der Waals surface area (Å²) in [6.07, 6.45) is 1.98. The van der Waals surface area contributed by atoms with Crippen LogP contribution in [0, 0.1) is 0 Å². The number of hydrogen-bond acceptors (Lipinski definition) is 6. The Hall–Kier alpha value is -2.63. The molecule has 0 saturated carbocycles. The number of benzene rings is 1. The summed E-state index contributed by atoms with van der Waals surface area (Å²) in [6, 6.07) is 9.49. The Morgan fingerprint density at radius 2 is 2.19 bits per heavy atom. The summed E-state index contributed by atoms with van der Waals surface area (Å²) in [4.78, 5) is 11.3. The first-order valence-corrected chi connectivity index (χ1v) is 6.74. The van der Waals surface area contributed by atoms with Crippen molar-refractivity contribution in [1.29, 1.82) is 0 Å². The van der Waals surface area contributed by atoms with Crippen LogP contribution in [-0.2, 0) is 11.2 Å². The number of carbonyl (C=O) groups is 1. The molecule has 3 N–H and O–H groups in total. The highest BCUT2D eigenvalue weighted by molar-refractivity contribution is 5.86. The van der Waals surface area contributed by atoms with E-state index in [2.05, 4.69) is 20.3 Å². The van der Waals surface area contributed by atoms with Gasteiger partial charge in [-0.15, -0.1) is 10.2 Å². The van der Waals surface area contributed by atoms with Crippen LogP contribution in [0.25, 0.3) is 0 Å². The van der Waals surface area contributed by atoms with Crippen LogP contribution in [-0.4, -0.2) is 23.3 Å². The summed E-state index contributed by atoms with van der Waals surface area (Å²) in [6.45, 7) is 0. The van der Waals surface area contributed by atoms with Crippen molar-refractivity contribution >= 4 is 17.5 Å². The van der Waals surface area contributed by atoms with Gasteiger partial charge in [-0.3, -0.25) is 0 Å². The number of nitrogens with zero attached hydrogens (tertiary/aromatic N) is 2. The van der Waals surface area contributed by atoms with E-state index in [4.69, 9.17) is 5.73 Å². The third kappa shape index (κ3) is 2.65. The molecule has 0 amide bonds. The van der Waals surface area contributed by atoms with Crippen LogP contribution in [0.5, 0.6) is 0 Å². The third-order valence-electron chi connectivity index (χ3n) is 3.63. The zero-order chi connectivity index (χ0) is 14.8. The number of methoxy groups -OCH3 is 1. The molecule has 1 aliphatic carbocycles. The van der Waals surface area contributed by atoms with E-state index in [0.717, 1.165) is 18.5 Å². The van der Waals surface area contributed by atoms with Gasteiger partial charge in [0.1, 0.15) is 5.82 Å². The molecule has 1 atom stereocenters. The molecule has 6 nitrogen and oxygen atoms in total. The van der Waals surface area contributed by atoms with Gasteiger partial charge in [0.2, 0.25) is 0 Å². The van der Waals surface area contributed by atoms with Crippen molar-refractivity contribution in [2.75, 3.05) is 18.2 Å². The minimum atomic E-state index is -0.490. The lowest BCUT2D eigenvalue weighted by Crippen LogP contribution is -2.11. The first-order chi connectivity index (χ1) is 10.2. The van der Waals surface area contributed by atoms with Gasteiger partial charge in [0.25, 0.3) is 0 Å². The van der Waals surface area contributed by atoms with Gasteiger partial charge in [-0.2, -0.15) is 0 Å². The van der Waals surface area contributed by atoms with Crippen LogP contribution in [0.2, 0.25) is 0 Å². The lowest BCUT2D eigenvalue weighted by atomic mass is 10.1. The van der Waals surface area contributed by atoms with E-state index in [-0.39, 0.29) is 11.7 Å². The molecule has 0 aliphatic heterocycles. The predicted octanol–water partition coefficient (Wildman–Crippen LogP) is 1.94. The Balaban J connectivity index is 1.75. The second kappa shape index (κ2) is 5.40. The average molecular weight is 284 g/mol. The largest absolute Gasteiger partial charge is 0.464 e.